The van der Waals surface area contributed by atoms with Gasteiger partial charge in [-0.3, -0.25) is 0 Å². The predicted molar refractivity (Wildman–Crippen MR) is 78.6 cm³/mol. The van der Waals surface area contributed by atoms with Crippen LogP contribution in [0.4, 0.5) is 0 Å². The van der Waals surface area contributed by atoms with E-state index in [1.165, 1.54) is 19.3 Å². The molecule has 1 unspecified atom stereocenters. The third-order valence-electron chi connectivity index (χ3n) is 4.58. The van der Waals surface area contributed by atoms with Crippen LogP contribution in [-0.4, -0.2) is 33.8 Å². The Balaban J connectivity index is 1.79. The van der Waals surface area contributed by atoms with Gasteiger partial charge in [0.25, 0.3) is 0 Å². The van der Waals surface area contributed by atoms with E-state index in [-0.39, 0.29) is 5.41 Å². The van der Waals surface area contributed by atoms with Crippen molar-refractivity contribution in [1.29, 1.82) is 0 Å². The molecule has 1 saturated carbocycles. The third kappa shape index (κ3) is 5.04. The first-order valence-corrected chi connectivity index (χ1v) is 9.32. The number of hydrogen-bond donors (Lipinski definition) is 2. The third-order valence-corrected chi connectivity index (χ3v) is 6.08. The normalized spacial score (nSPS) is 30.4. The summed E-state index contributed by atoms with van der Waals surface area (Å²) in [6.07, 6.45) is 8.07. The first kappa shape index (κ1) is 15.3. The van der Waals surface area contributed by atoms with Gasteiger partial charge in [-0.1, -0.05) is 26.2 Å². The van der Waals surface area contributed by atoms with Crippen molar-refractivity contribution in [3.63, 3.8) is 0 Å². The maximum atomic E-state index is 12.2. The lowest BCUT2D eigenvalue weighted by Crippen LogP contribution is -2.46. The summed E-state index contributed by atoms with van der Waals surface area (Å²) in [5.41, 5.74) is 0.0812. The van der Waals surface area contributed by atoms with Gasteiger partial charge < -0.3 is 5.32 Å². The Labute approximate surface area is 117 Å². The highest BCUT2D eigenvalue weighted by Crippen LogP contribution is 2.26. The molecule has 0 aromatic heterocycles. The van der Waals surface area contributed by atoms with E-state index in [9.17, 15) is 8.42 Å². The smallest absolute Gasteiger partial charge is 0.211 e. The molecule has 2 N–H and O–H groups in total. The van der Waals surface area contributed by atoms with E-state index in [1.807, 2.05) is 0 Å². The zero-order valence-corrected chi connectivity index (χ0v) is 12.9. The predicted octanol–water partition coefficient (Wildman–Crippen LogP) is 1.88. The highest BCUT2D eigenvalue weighted by atomic mass is 32.2. The second kappa shape index (κ2) is 6.55. The topological polar surface area (TPSA) is 58.2 Å². The Hall–Kier alpha value is -0.130. The van der Waals surface area contributed by atoms with Gasteiger partial charge in [0.15, 0.2) is 0 Å². The van der Waals surface area contributed by atoms with Gasteiger partial charge in [-0.25, -0.2) is 13.1 Å². The van der Waals surface area contributed by atoms with E-state index in [0.29, 0.717) is 18.2 Å². The molecule has 1 aliphatic carbocycles. The molecule has 2 rings (SSSR count). The van der Waals surface area contributed by atoms with Crippen molar-refractivity contribution >= 4 is 10.0 Å². The number of piperidine rings is 1. The van der Waals surface area contributed by atoms with Crippen LogP contribution in [0.2, 0.25) is 0 Å². The number of hydrogen-bond acceptors (Lipinski definition) is 3. The Morgan fingerprint density at radius 3 is 2.58 bits per heavy atom. The fourth-order valence-electron chi connectivity index (χ4n) is 3.28. The van der Waals surface area contributed by atoms with Gasteiger partial charge in [-0.05, 0) is 43.6 Å². The second-order valence-electron chi connectivity index (χ2n) is 6.70. The van der Waals surface area contributed by atoms with E-state index in [0.717, 1.165) is 38.8 Å². The van der Waals surface area contributed by atoms with Crippen LogP contribution < -0.4 is 10.0 Å². The standard InChI is InChI=1S/C14H28N2O2S/c1-14(8-5-9-15-11-14)12-16-19(17,18)10-13-6-3-2-4-7-13/h13,15-16H,2-12H2,1H3. The molecule has 0 radical (unpaired) electrons. The van der Waals surface area contributed by atoms with Crippen LogP contribution in [0.1, 0.15) is 51.9 Å². The Morgan fingerprint density at radius 1 is 1.21 bits per heavy atom. The summed E-state index contributed by atoms with van der Waals surface area (Å²) >= 11 is 0. The molecule has 0 bridgehead atoms. The highest BCUT2D eigenvalue weighted by Gasteiger charge is 2.29. The van der Waals surface area contributed by atoms with Crippen molar-refractivity contribution in [2.75, 3.05) is 25.4 Å². The molecular formula is C14H28N2O2S. The van der Waals surface area contributed by atoms with Crippen molar-refractivity contribution in [2.24, 2.45) is 11.3 Å². The first-order valence-electron chi connectivity index (χ1n) is 7.67. The highest BCUT2D eigenvalue weighted by molar-refractivity contribution is 7.89. The average Bonchev–Trinajstić information content (AvgIpc) is 2.38. The van der Waals surface area contributed by atoms with Crippen molar-refractivity contribution in [3.8, 4) is 0 Å². The van der Waals surface area contributed by atoms with Crippen LogP contribution in [0, 0.1) is 11.3 Å². The molecule has 4 nitrogen and oxygen atoms in total. The van der Waals surface area contributed by atoms with Crippen molar-refractivity contribution < 1.29 is 8.42 Å². The van der Waals surface area contributed by atoms with Crippen molar-refractivity contribution in [2.45, 2.75) is 51.9 Å². The van der Waals surface area contributed by atoms with Crippen molar-refractivity contribution in [1.82, 2.24) is 10.0 Å². The van der Waals surface area contributed by atoms with Crippen LogP contribution >= 0.6 is 0 Å². The Morgan fingerprint density at radius 2 is 1.95 bits per heavy atom. The fraction of sp³-hybridized carbons (Fsp3) is 1.00. The van der Waals surface area contributed by atoms with E-state index in [2.05, 4.69) is 17.0 Å². The molecular weight excluding hydrogens is 260 g/mol. The summed E-state index contributed by atoms with van der Waals surface area (Å²) in [6.45, 7) is 4.72. The maximum Gasteiger partial charge on any atom is 0.211 e. The molecule has 0 aromatic carbocycles. The number of rotatable bonds is 5. The minimum Gasteiger partial charge on any atom is -0.316 e. The zero-order valence-electron chi connectivity index (χ0n) is 12.1. The number of nitrogens with one attached hydrogen (secondary N) is 2. The molecule has 5 heteroatoms. The van der Waals surface area contributed by atoms with Crippen LogP contribution in [0.5, 0.6) is 0 Å². The maximum absolute atomic E-state index is 12.2. The van der Waals surface area contributed by atoms with Gasteiger partial charge in [0.2, 0.25) is 10.0 Å². The van der Waals surface area contributed by atoms with Gasteiger partial charge >= 0.3 is 0 Å². The Kier molecular flexibility index (Phi) is 5.26. The lowest BCUT2D eigenvalue weighted by molar-refractivity contribution is 0.238. The van der Waals surface area contributed by atoms with Crippen LogP contribution in [0.3, 0.4) is 0 Å². The van der Waals surface area contributed by atoms with Gasteiger partial charge in [0, 0.05) is 13.1 Å². The van der Waals surface area contributed by atoms with E-state index in [1.54, 1.807) is 0 Å². The molecule has 1 aliphatic heterocycles. The SMILES string of the molecule is CC1(CNS(=O)(=O)CC2CCCCC2)CCCNC1. The summed E-state index contributed by atoms with van der Waals surface area (Å²) in [5.74, 6) is 0.708. The summed E-state index contributed by atoms with van der Waals surface area (Å²) in [5, 5.41) is 3.36. The van der Waals surface area contributed by atoms with E-state index < -0.39 is 10.0 Å². The molecule has 0 aromatic rings. The van der Waals surface area contributed by atoms with Crippen LogP contribution in [-0.2, 0) is 10.0 Å². The lowest BCUT2D eigenvalue weighted by Gasteiger charge is -2.34. The summed E-state index contributed by atoms with van der Waals surface area (Å²) in [6, 6.07) is 0. The van der Waals surface area contributed by atoms with Gasteiger partial charge in [0.05, 0.1) is 5.75 Å². The van der Waals surface area contributed by atoms with Crippen molar-refractivity contribution in [3.05, 3.63) is 0 Å². The van der Waals surface area contributed by atoms with Crippen LogP contribution in [0.15, 0.2) is 0 Å². The molecule has 1 saturated heterocycles. The van der Waals surface area contributed by atoms with E-state index >= 15 is 0 Å². The summed E-state index contributed by atoms with van der Waals surface area (Å²) in [7, 11) is -3.10. The minimum atomic E-state index is -3.10. The second-order valence-corrected chi connectivity index (χ2v) is 8.55. The molecule has 19 heavy (non-hydrogen) atoms. The molecule has 1 heterocycles. The van der Waals surface area contributed by atoms with Crippen LogP contribution in [0.25, 0.3) is 0 Å². The van der Waals surface area contributed by atoms with Gasteiger partial charge in [-0.2, -0.15) is 0 Å². The average molecular weight is 288 g/mol. The first-order chi connectivity index (χ1) is 8.99. The quantitative estimate of drug-likeness (QED) is 0.812. The molecule has 2 fully saturated rings. The van der Waals surface area contributed by atoms with Gasteiger partial charge in [0.1, 0.15) is 0 Å². The fourth-order valence-corrected chi connectivity index (χ4v) is 4.92. The Bertz CT molecular complexity index is 369. The molecule has 0 spiro atoms. The summed E-state index contributed by atoms with van der Waals surface area (Å²) < 4.78 is 27.2. The molecule has 1 atom stereocenters. The summed E-state index contributed by atoms with van der Waals surface area (Å²) in [4.78, 5) is 0. The molecule has 112 valence electrons. The minimum absolute atomic E-state index is 0.0812. The lowest BCUT2D eigenvalue weighted by atomic mass is 9.83. The zero-order chi connectivity index (χ0) is 13.8. The van der Waals surface area contributed by atoms with E-state index in [4.69, 9.17) is 0 Å². The largest absolute Gasteiger partial charge is 0.316 e. The van der Waals surface area contributed by atoms with Gasteiger partial charge in [-0.15, -0.1) is 0 Å². The number of sulfonamides is 1. The monoisotopic (exact) mass is 288 g/mol. The molecule has 2 aliphatic rings. The molecule has 0 amide bonds.